The van der Waals surface area contributed by atoms with Gasteiger partial charge in [-0.25, -0.2) is 0 Å². The molecule has 118 valence electrons. The van der Waals surface area contributed by atoms with Crippen LogP contribution in [0.4, 0.5) is 5.13 Å². The molecule has 1 saturated heterocycles. The van der Waals surface area contributed by atoms with Crippen molar-refractivity contribution >= 4 is 16.5 Å². The minimum absolute atomic E-state index is 0.578. The van der Waals surface area contributed by atoms with Crippen LogP contribution in [0.2, 0.25) is 0 Å². The predicted octanol–water partition coefficient (Wildman–Crippen LogP) is 3.46. The second kappa shape index (κ2) is 7.05. The Balaban J connectivity index is 1.62. The van der Waals surface area contributed by atoms with Gasteiger partial charge in [-0.05, 0) is 44.1 Å². The molecular formula is C16H28N4S. The van der Waals surface area contributed by atoms with Gasteiger partial charge in [-0.1, -0.05) is 38.0 Å². The molecule has 2 heterocycles. The average molecular weight is 308 g/mol. The van der Waals surface area contributed by atoms with E-state index in [0.29, 0.717) is 18.0 Å². The van der Waals surface area contributed by atoms with E-state index < -0.39 is 0 Å². The molecule has 3 rings (SSSR count). The highest BCUT2D eigenvalue weighted by Crippen LogP contribution is 2.33. The van der Waals surface area contributed by atoms with Crippen molar-refractivity contribution in [1.29, 1.82) is 0 Å². The number of anilines is 1. The number of hydrogen-bond acceptors (Lipinski definition) is 5. The molecule has 1 aliphatic carbocycles. The maximum absolute atomic E-state index is 4.36. The average Bonchev–Trinajstić information content (AvgIpc) is 3.11. The topological polar surface area (TPSA) is 49.8 Å². The summed E-state index contributed by atoms with van der Waals surface area (Å²) < 4.78 is 0. The first kappa shape index (κ1) is 15.2. The van der Waals surface area contributed by atoms with Crippen molar-refractivity contribution in [3.05, 3.63) is 5.01 Å². The minimum atomic E-state index is 0.578. The predicted molar refractivity (Wildman–Crippen MR) is 88.8 cm³/mol. The molecule has 1 aromatic rings. The highest BCUT2D eigenvalue weighted by Gasteiger charge is 2.33. The Morgan fingerprint density at radius 3 is 2.81 bits per heavy atom. The van der Waals surface area contributed by atoms with E-state index in [4.69, 9.17) is 0 Å². The van der Waals surface area contributed by atoms with Crippen LogP contribution in [0.5, 0.6) is 0 Å². The molecule has 1 saturated carbocycles. The first-order valence-electron chi connectivity index (χ1n) is 8.54. The van der Waals surface area contributed by atoms with E-state index >= 15 is 0 Å². The van der Waals surface area contributed by atoms with Crippen molar-refractivity contribution in [1.82, 2.24) is 15.5 Å². The Morgan fingerprint density at radius 2 is 2.05 bits per heavy atom. The van der Waals surface area contributed by atoms with Crippen LogP contribution < -0.4 is 10.6 Å². The maximum Gasteiger partial charge on any atom is 0.205 e. The van der Waals surface area contributed by atoms with E-state index in [1.54, 1.807) is 11.3 Å². The fourth-order valence-corrected chi connectivity index (χ4v) is 4.81. The number of nitrogens with zero attached hydrogens (tertiary/aromatic N) is 2. The summed E-state index contributed by atoms with van der Waals surface area (Å²) in [6, 6.07) is 1.29. The van der Waals surface area contributed by atoms with E-state index in [0.717, 1.165) is 17.5 Å². The van der Waals surface area contributed by atoms with E-state index in [2.05, 4.69) is 34.7 Å². The number of aromatic nitrogens is 2. The Labute approximate surface area is 132 Å². The van der Waals surface area contributed by atoms with Gasteiger partial charge in [0.25, 0.3) is 0 Å². The number of hydrogen-bond donors (Lipinski definition) is 2. The highest BCUT2D eigenvalue weighted by atomic mass is 32.1. The fraction of sp³-hybridized carbons (Fsp3) is 0.875. The SMILES string of the molecule is CC(C)Cc1nnc(NC2CCCCC2C2CCCN2)s1. The molecule has 3 atom stereocenters. The molecule has 2 aliphatic rings. The Kier molecular flexibility index (Phi) is 5.11. The summed E-state index contributed by atoms with van der Waals surface area (Å²) in [5.41, 5.74) is 0. The van der Waals surface area contributed by atoms with Crippen molar-refractivity contribution in [2.24, 2.45) is 11.8 Å². The summed E-state index contributed by atoms with van der Waals surface area (Å²) in [6.45, 7) is 5.67. The molecular weight excluding hydrogens is 280 g/mol. The van der Waals surface area contributed by atoms with Gasteiger partial charge in [0, 0.05) is 18.5 Å². The zero-order chi connectivity index (χ0) is 14.7. The number of nitrogens with one attached hydrogen (secondary N) is 2. The van der Waals surface area contributed by atoms with Crippen molar-refractivity contribution < 1.29 is 0 Å². The lowest BCUT2D eigenvalue weighted by Gasteiger charge is -2.36. The van der Waals surface area contributed by atoms with Crippen LogP contribution >= 0.6 is 11.3 Å². The van der Waals surface area contributed by atoms with E-state index in [-0.39, 0.29) is 0 Å². The molecule has 0 aromatic carbocycles. The van der Waals surface area contributed by atoms with Crippen molar-refractivity contribution in [2.45, 2.75) is 70.9 Å². The quantitative estimate of drug-likeness (QED) is 0.874. The van der Waals surface area contributed by atoms with Crippen molar-refractivity contribution in [2.75, 3.05) is 11.9 Å². The van der Waals surface area contributed by atoms with Crippen LogP contribution in [-0.4, -0.2) is 28.8 Å². The summed E-state index contributed by atoms with van der Waals surface area (Å²) in [5.74, 6) is 1.41. The van der Waals surface area contributed by atoms with E-state index in [9.17, 15) is 0 Å². The molecule has 2 fully saturated rings. The van der Waals surface area contributed by atoms with Crippen LogP contribution in [0, 0.1) is 11.8 Å². The van der Waals surface area contributed by atoms with E-state index in [1.807, 2.05) is 0 Å². The molecule has 3 unspecified atom stereocenters. The molecule has 1 aliphatic heterocycles. The smallest absolute Gasteiger partial charge is 0.205 e. The van der Waals surface area contributed by atoms with Crippen LogP contribution in [0.1, 0.15) is 57.4 Å². The standard InChI is InChI=1S/C16H28N4S/c1-11(2)10-15-19-20-16(21-15)18-14-7-4-3-6-12(14)13-8-5-9-17-13/h11-14,17H,3-10H2,1-2H3,(H,18,20). The molecule has 5 heteroatoms. The van der Waals surface area contributed by atoms with Gasteiger partial charge in [0.2, 0.25) is 5.13 Å². The molecule has 21 heavy (non-hydrogen) atoms. The molecule has 0 spiro atoms. The summed E-state index contributed by atoms with van der Waals surface area (Å²) >= 11 is 1.75. The lowest BCUT2D eigenvalue weighted by atomic mass is 9.79. The molecule has 2 N–H and O–H groups in total. The van der Waals surface area contributed by atoms with Crippen LogP contribution in [0.25, 0.3) is 0 Å². The van der Waals surface area contributed by atoms with Gasteiger partial charge in [0.05, 0.1) is 0 Å². The van der Waals surface area contributed by atoms with E-state index in [1.165, 1.54) is 50.1 Å². The maximum atomic E-state index is 4.36. The minimum Gasteiger partial charge on any atom is -0.357 e. The lowest BCUT2D eigenvalue weighted by molar-refractivity contribution is 0.262. The van der Waals surface area contributed by atoms with Gasteiger partial charge >= 0.3 is 0 Å². The van der Waals surface area contributed by atoms with Crippen LogP contribution in [-0.2, 0) is 6.42 Å². The Morgan fingerprint density at radius 1 is 1.19 bits per heavy atom. The summed E-state index contributed by atoms with van der Waals surface area (Å²) in [5, 5.41) is 18.3. The fourth-order valence-electron chi connectivity index (χ4n) is 3.80. The van der Waals surface area contributed by atoms with Crippen LogP contribution in [0.3, 0.4) is 0 Å². The third kappa shape index (κ3) is 3.95. The normalized spacial score (nSPS) is 30.0. The largest absolute Gasteiger partial charge is 0.357 e. The second-order valence-corrected chi connectivity index (χ2v) is 8.06. The molecule has 0 bridgehead atoms. The summed E-state index contributed by atoms with van der Waals surface area (Å²) in [4.78, 5) is 0. The molecule has 0 radical (unpaired) electrons. The van der Waals surface area contributed by atoms with Gasteiger partial charge in [0.1, 0.15) is 5.01 Å². The molecule has 0 amide bonds. The first-order valence-corrected chi connectivity index (χ1v) is 9.36. The van der Waals surface area contributed by atoms with Crippen molar-refractivity contribution in [3.8, 4) is 0 Å². The van der Waals surface area contributed by atoms with Gasteiger partial charge in [-0.15, -0.1) is 10.2 Å². The number of rotatable bonds is 5. The zero-order valence-electron chi connectivity index (χ0n) is 13.3. The van der Waals surface area contributed by atoms with Gasteiger partial charge < -0.3 is 10.6 Å². The highest BCUT2D eigenvalue weighted by molar-refractivity contribution is 7.15. The zero-order valence-corrected chi connectivity index (χ0v) is 14.1. The van der Waals surface area contributed by atoms with Crippen molar-refractivity contribution in [3.63, 3.8) is 0 Å². The third-order valence-electron chi connectivity index (χ3n) is 4.79. The third-order valence-corrected chi connectivity index (χ3v) is 5.67. The Bertz CT molecular complexity index is 439. The van der Waals surface area contributed by atoms with Gasteiger partial charge in [0.15, 0.2) is 0 Å². The first-order chi connectivity index (χ1) is 10.2. The van der Waals surface area contributed by atoms with Gasteiger partial charge in [-0.3, -0.25) is 0 Å². The molecule has 4 nitrogen and oxygen atoms in total. The monoisotopic (exact) mass is 308 g/mol. The molecule has 1 aromatic heterocycles. The van der Waals surface area contributed by atoms with Crippen LogP contribution in [0.15, 0.2) is 0 Å². The second-order valence-electron chi connectivity index (χ2n) is 7.00. The lowest BCUT2D eigenvalue weighted by Crippen LogP contribution is -2.43. The van der Waals surface area contributed by atoms with Gasteiger partial charge in [-0.2, -0.15) is 0 Å². The Hall–Kier alpha value is -0.680. The summed E-state index contributed by atoms with van der Waals surface area (Å²) in [6.07, 6.45) is 9.09. The summed E-state index contributed by atoms with van der Waals surface area (Å²) in [7, 11) is 0.